The van der Waals surface area contributed by atoms with E-state index in [-0.39, 0.29) is 24.9 Å². The Kier molecular flexibility index (Phi) is 5.16. The summed E-state index contributed by atoms with van der Waals surface area (Å²) in [6, 6.07) is 1.55. The van der Waals surface area contributed by atoms with Gasteiger partial charge in [0.15, 0.2) is 5.76 Å². The highest BCUT2D eigenvalue weighted by atomic mass is 79.9. The normalized spacial score (nSPS) is 11.8. The Labute approximate surface area is 130 Å². The molecule has 0 aromatic carbocycles. The van der Waals surface area contributed by atoms with Crippen LogP contribution in [0.15, 0.2) is 27.4 Å². The van der Waals surface area contributed by atoms with E-state index in [9.17, 15) is 4.57 Å². The minimum atomic E-state index is -3.48. The molecule has 0 spiro atoms. The largest absolute Gasteiger partial charge is 0.462 e. The van der Waals surface area contributed by atoms with Gasteiger partial charge in [0.25, 0.3) is 0 Å². The van der Waals surface area contributed by atoms with Crippen LogP contribution in [0.1, 0.15) is 13.8 Å². The van der Waals surface area contributed by atoms with Crippen LogP contribution >= 0.6 is 23.5 Å². The third kappa shape index (κ3) is 3.35. The van der Waals surface area contributed by atoms with Gasteiger partial charge in [0, 0.05) is 6.20 Å². The monoisotopic (exact) mass is 375 g/mol. The predicted octanol–water partition coefficient (Wildman–Crippen LogP) is 2.97. The van der Waals surface area contributed by atoms with Crippen molar-refractivity contribution in [3.8, 4) is 11.5 Å². The Morgan fingerprint density at radius 2 is 2.05 bits per heavy atom. The van der Waals surface area contributed by atoms with Crippen LogP contribution in [0.25, 0.3) is 11.5 Å². The van der Waals surface area contributed by atoms with E-state index in [0.29, 0.717) is 15.5 Å². The van der Waals surface area contributed by atoms with Gasteiger partial charge >= 0.3 is 7.60 Å². The van der Waals surface area contributed by atoms with Crippen LogP contribution in [0, 0.1) is 0 Å². The average Bonchev–Trinajstić information content (AvgIpc) is 2.92. The first-order valence-corrected chi connectivity index (χ1v) is 8.61. The maximum absolute atomic E-state index is 12.9. The summed E-state index contributed by atoms with van der Waals surface area (Å²) >= 11 is 3.32. The van der Waals surface area contributed by atoms with Gasteiger partial charge in [-0.1, -0.05) is 0 Å². The van der Waals surface area contributed by atoms with Crippen molar-refractivity contribution in [1.82, 2.24) is 9.97 Å². The van der Waals surface area contributed by atoms with E-state index < -0.39 is 7.60 Å². The van der Waals surface area contributed by atoms with Crippen LogP contribution in [0.2, 0.25) is 0 Å². The number of anilines is 1. The molecule has 0 amide bonds. The Morgan fingerprint density at radius 3 is 2.67 bits per heavy atom. The lowest BCUT2D eigenvalue weighted by Crippen LogP contribution is -2.12. The lowest BCUT2D eigenvalue weighted by molar-refractivity contribution is 0.230. The molecule has 0 unspecified atom stereocenters. The van der Waals surface area contributed by atoms with Crippen molar-refractivity contribution in [3.63, 3.8) is 0 Å². The molecule has 9 heteroatoms. The number of halogens is 1. The highest BCUT2D eigenvalue weighted by Gasteiger charge is 2.33. The van der Waals surface area contributed by atoms with Crippen LogP contribution < -0.4 is 11.0 Å². The molecule has 2 aromatic heterocycles. The van der Waals surface area contributed by atoms with E-state index in [1.807, 2.05) is 0 Å². The number of hydrogen-bond donors (Lipinski definition) is 1. The second-order valence-electron chi connectivity index (χ2n) is 3.89. The Balaban J connectivity index is 2.56. The van der Waals surface area contributed by atoms with Crippen LogP contribution in [0.3, 0.4) is 0 Å². The Morgan fingerprint density at radius 1 is 1.38 bits per heavy atom. The van der Waals surface area contributed by atoms with Gasteiger partial charge in [-0.15, -0.1) is 0 Å². The van der Waals surface area contributed by atoms with Crippen molar-refractivity contribution in [2.75, 3.05) is 18.9 Å². The van der Waals surface area contributed by atoms with Crippen molar-refractivity contribution in [2.45, 2.75) is 13.8 Å². The number of hydrogen-bond acceptors (Lipinski definition) is 7. The summed E-state index contributed by atoms with van der Waals surface area (Å²) in [6.07, 6.45) is 2.90. The molecule has 0 aliphatic rings. The number of nitrogens with zero attached hydrogens (tertiary/aromatic N) is 2. The van der Waals surface area contributed by atoms with E-state index in [4.69, 9.17) is 19.2 Å². The van der Waals surface area contributed by atoms with Crippen molar-refractivity contribution in [2.24, 2.45) is 0 Å². The fourth-order valence-corrected chi connectivity index (χ4v) is 3.81. The molecular weight excluding hydrogens is 361 g/mol. The summed E-state index contributed by atoms with van der Waals surface area (Å²) < 4.78 is 29.5. The molecule has 0 saturated heterocycles. The van der Waals surface area contributed by atoms with Crippen molar-refractivity contribution in [3.05, 3.63) is 23.0 Å². The molecule has 2 rings (SSSR count). The maximum atomic E-state index is 12.9. The van der Waals surface area contributed by atoms with E-state index in [2.05, 4.69) is 25.9 Å². The fourth-order valence-electron chi connectivity index (χ4n) is 1.75. The topological polar surface area (TPSA) is 100 Å². The minimum absolute atomic E-state index is 0.0817. The molecule has 0 bridgehead atoms. The SMILES string of the molecule is CCOP(=O)(OCC)c1ccoc1-c1nc(N)ncc1Br. The van der Waals surface area contributed by atoms with Gasteiger partial charge in [-0.25, -0.2) is 9.97 Å². The zero-order valence-electron chi connectivity index (χ0n) is 11.6. The van der Waals surface area contributed by atoms with Gasteiger partial charge in [-0.3, -0.25) is 4.57 Å². The number of rotatable bonds is 6. The summed E-state index contributed by atoms with van der Waals surface area (Å²) in [5.74, 6) is 0.361. The summed E-state index contributed by atoms with van der Waals surface area (Å²) in [5, 5.41) is 0.310. The number of nitrogen functional groups attached to an aromatic ring is 1. The molecule has 0 fully saturated rings. The third-order valence-corrected chi connectivity index (χ3v) is 5.23. The first kappa shape index (κ1) is 16.2. The molecule has 2 heterocycles. The van der Waals surface area contributed by atoms with Crippen molar-refractivity contribution in [1.29, 1.82) is 0 Å². The highest BCUT2D eigenvalue weighted by Crippen LogP contribution is 2.49. The van der Waals surface area contributed by atoms with Gasteiger partial charge in [-0.2, -0.15) is 0 Å². The van der Waals surface area contributed by atoms with Crippen LogP contribution in [-0.4, -0.2) is 23.2 Å². The second-order valence-corrected chi connectivity index (χ2v) is 6.74. The lowest BCUT2D eigenvalue weighted by Gasteiger charge is -2.16. The van der Waals surface area contributed by atoms with E-state index in [0.717, 1.165) is 0 Å². The molecular formula is C12H15BrN3O4P. The zero-order chi connectivity index (χ0) is 15.5. The summed E-state index contributed by atoms with van der Waals surface area (Å²) in [4.78, 5) is 7.96. The molecule has 0 radical (unpaired) electrons. The van der Waals surface area contributed by atoms with E-state index >= 15 is 0 Å². The van der Waals surface area contributed by atoms with Crippen molar-refractivity contribution < 1.29 is 18.0 Å². The number of furan rings is 1. The average molecular weight is 376 g/mol. The van der Waals surface area contributed by atoms with Crippen LogP contribution in [0.5, 0.6) is 0 Å². The first-order valence-electron chi connectivity index (χ1n) is 6.27. The molecule has 0 aliphatic carbocycles. The molecule has 2 aromatic rings. The van der Waals surface area contributed by atoms with E-state index in [1.54, 1.807) is 19.9 Å². The second kappa shape index (κ2) is 6.70. The quantitative estimate of drug-likeness (QED) is 0.774. The smallest absolute Gasteiger partial charge is 0.365 e. The standard InChI is InChI=1S/C12H15BrN3O4P/c1-3-19-21(17,20-4-2)9-5-6-18-11(9)10-8(13)7-15-12(14)16-10/h5-7H,3-4H2,1-2H3,(H2,14,15,16). The number of nitrogens with two attached hydrogens (primary N) is 1. The molecule has 0 aliphatic heterocycles. The van der Waals surface area contributed by atoms with Gasteiger partial charge < -0.3 is 19.2 Å². The molecule has 7 nitrogen and oxygen atoms in total. The summed E-state index contributed by atoms with van der Waals surface area (Å²) in [7, 11) is -3.48. The van der Waals surface area contributed by atoms with Gasteiger partial charge in [-0.05, 0) is 35.8 Å². The molecule has 21 heavy (non-hydrogen) atoms. The first-order chi connectivity index (χ1) is 10.0. The summed E-state index contributed by atoms with van der Waals surface area (Å²) in [5.41, 5.74) is 5.98. The Hall–Kier alpha value is -1.21. The predicted molar refractivity (Wildman–Crippen MR) is 82.3 cm³/mol. The third-order valence-electron chi connectivity index (χ3n) is 2.52. The highest BCUT2D eigenvalue weighted by molar-refractivity contribution is 9.10. The zero-order valence-corrected chi connectivity index (χ0v) is 14.1. The van der Waals surface area contributed by atoms with Crippen molar-refractivity contribution >= 4 is 34.8 Å². The van der Waals surface area contributed by atoms with Crippen LogP contribution in [-0.2, 0) is 13.6 Å². The fraction of sp³-hybridized carbons (Fsp3) is 0.333. The van der Waals surface area contributed by atoms with Gasteiger partial charge in [0.1, 0.15) is 11.0 Å². The number of aromatic nitrogens is 2. The minimum Gasteiger partial charge on any atom is -0.462 e. The molecule has 114 valence electrons. The van der Waals surface area contributed by atoms with Gasteiger partial charge in [0.2, 0.25) is 5.95 Å². The summed E-state index contributed by atoms with van der Waals surface area (Å²) in [6.45, 7) is 3.97. The molecule has 0 saturated carbocycles. The van der Waals surface area contributed by atoms with Gasteiger partial charge in [0.05, 0.1) is 23.9 Å². The molecule has 2 N–H and O–H groups in total. The maximum Gasteiger partial charge on any atom is 0.365 e. The van der Waals surface area contributed by atoms with E-state index in [1.165, 1.54) is 12.5 Å². The lowest BCUT2D eigenvalue weighted by atomic mass is 10.3. The molecule has 0 atom stereocenters. The van der Waals surface area contributed by atoms with Crippen LogP contribution in [0.4, 0.5) is 5.95 Å². The Bertz CT molecular complexity index is 666.